The van der Waals surface area contributed by atoms with Gasteiger partial charge in [-0.25, -0.2) is 4.79 Å². The standard InChI is InChI=1S/C16H31N3O2/c1-12-6-5-9-19(10-12)11-13(2)17-16(21)18-14-7-3-4-8-15(14)20/h12-15,20H,3-11H2,1-2H3,(H2,17,18,21). The Hall–Kier alpha value is -0.810. The van der Waals surface area contributed by atoms with Crippen molar-refractivity contribution < 1.29 is 9.90 Å². The number of hydrogen-bond donors (Lipinski definition) is 3. The Morgan fingerprint density at radius 1 is 1.29 bits per heavy atom. The molecule has 0 bridgehead atoms. The third kappa shape index (κ3) is 5.47. The maximum Gasteiger partial charge on any atom is 0.315 e. The number of aliphatic hydroxyl groups is 1. The van der Waals surface area contributed by atoms with Crippen molar-refractivity contribution in [3.05, 3.63) is 0 Å². The molecule has 3 N–H and O–H groups in total. The minimum Gasteiger partial charge on any atom is -0.391 e. The molecule has 2 aliphatic rings. The number of likely N-dealkylation sites (tertiary alicyclic amines) is 1. The fourth-order valence-electron chi connectivity index (χ4n) is 3.60. The van der Waals surface area contributed by atoms with Crippen molar-refractivity contribution in [3.63, 3.8) is 0 Å². The maximum atomic E-state index is 12.0. The molecule has 1 aliphatic heterocycles. The van der Waals surface area contributed by atoms with E-state index in [9.17, 15) is 9.90 Å². The van der Waals surface area contributed by atoms with Crippen molar-refractivity contribution in [1.82, 2.24) is 15.5 Å². The predicted octanol–water partition coefficient (Wildman–Crippen LogP) is 1.71. The van der Waals surface area contributed by atoms with E-state index in [1.165, 1.54) is 12.8 Å². The van der Waals surface area contributed by atoms with Crippen LogP contribution < -0.4 is 10.6 Å². The Kier molecular flexibility index (Phi) is 6.30. The van der Waals surface area contributed by atoms with Crippen molar-refractivity contribution in [2.75, 3.05) is 19.6 Å². The van der Waals surface area contributed by atoms with Crippen LogP contribution >= 0.6 is 0 Å². The lowest BCUT2D eigenvalue weighted by Crippen LogP contribution is -2.53. The number of carbonyl (C=O) groups excluding carboxylic acids is 1. The number of piperidine rings is 1. The van der Waals surface area contributed by atoms with E-state index in [4.69, 9.17) is 0 Å². The highest BCUT2D eigenvalue weighted by Crippen LogP contribution is 2.18. The largest absolute Gasteiger partial charge is 0.391 e. The first-order chi connectivity index (χ1) is 10.0. The van der Waals surface area contributed by atoms with E-state index < -0.39 is 0 Å². The summed E-state index contributed by atoms with van der Waals surface area (Å²) < 4.78 is 0. The van der Waals surface area contributed by atoms with Crippen LogP contribution in [0.1, 0.15) is 52.4 Å². The average molecular weight is 297 g/mol. The molecular formula is C16H31N3O2. The first-order valence-electron chi connectivity index (χ1n) is 8.52. The van der Waals surface area contributed by atoms with Gasteiger partial charge in [-0.05, 0) is 45.1 Å². The van der Waals surface area contributed by atoms with E-state index in [-0.39, 0.29) is 24.2 Å². The van der Waals surface area contributed by atoms with E-state index in [2.05, 4.69) is 29.4 Å². The van der Waals surface area contributed by atoms with Crippen LogP contribution in [0.4, 0.5) is 4.79 Å². The van der Waals surface area contributed by atoms with Crippen LogP contribution in [0.3, 0.4) is 0 Å². The molecule has 2 rings (SSSR count). The van der Waals surface area contributed by atoms with Crippen molar-refractivity contribution in [2.45, 2.75) is 70.6 Å². The third-order valence-corrected chi connectivity index (χ3v) is 4.70. The molecule has 1 heterocycles. The number of nitrogens with zero attached hydrogens (tertiary/aromatic N) is 1. The van der Waals surface area contributed by atoms with Gasteiger partial charge in [0.15, 0.2) is 0 Å². The minimum absolute atomic E-state index is 0.0824. The molecule has 5 nitrogen and oxygen atoms in total. The lowest BCUT2D eigenvalue weighted by atomic mass is 9.93. The van der Waals surface area contributed by atoms with Gasteiger partial charge in [-0.3, -0.25) is 0 Å². The fraction of sp³-hybridized carbons (Fsp3) is 0.938. The molecule has 1 saturated heterocycles. The van der Waals surface area contributed by atoms with Gasteiger partial charge < -0.3 is 20.6 Å². The molecule has 122 valence electrons. The van der Waals surface area contributed by atoms with Crippen LogP contribution in [0.25, 0.3) is 0 Å². The van der Waals surface area contributed by atoms with Gasteiger partial charge in [0.2, 0.25) is 0 Å². The molecular weight excluding hydrogens is 266 g/mol. The zero-order chi connectivity index (χ0) is 15.2. The van der Waals surface area contributed by atoms with Gasteiger partial charge >= 0.3 is 6.03 Å². The number of hydrogen-bond acceptors (Lipinski definition) is 3. The molecule has 2 fully saturated rings. The summed E-state index contributed by atoms with van der Waals surface area (Å²) in [5.41, 5.74) is 0. The van der Waals surface area contributed by atoms with E-state index >= 15 is 0 Å². The number of rotatable bonds is 4. The zero-order valence-electron chi connectivity index (χ0n) is 13.5. The third-order valence-electron chi connectivity index (χ3n) is 4.70. The molecule has 2 amide bonds. The summed E-state index contributed by atoms with van der Waals surface area (Å²) in [6, 6.07) is -0.0875. The monoisotopic (exact) mass is 297 g/mol. The second-order valence-electron chi connectivity index (χ2n) is 6.98. The van der Waals surface area contributed by atoms with Crippen LogP contribution in [-0.2, 0) is 0 Å². The van der Waals surface area contributed by atoms with Gasteiger partial charge in [0, 0.05) is 19.1 Å². The Balaban J connectivity index is 1.69. The molecule has 5 heteroatoms. The number of nitrogens with one attached hydrogen (secondary N) is 2. The Morgan fingerprint density at radius 3 is 2.76 bits per heavy atom. The lowest BCUT2D eigenvalue weighted by molar-refractivity contribution is 0.0936. The van der Waals surface area contributed by atoms with Gasteiger partial charge in [0.25, 0.3) is 0 Å². The predicted molar refractivity (Wildman–Crippen MR) is 84.2 cm³/mol. The van der Waals surface area contributed by atoms with Crippen LogP contribution in [-0.4, -0.2) is 53.9 Å². The van der Waals surface area contributed by atoms with E-state index in [0.717, 1.165) is 51.2 Å². The highest BCUT2D eigenvalue weighted by atomic mass is 16.3. The first kappa shape index (κ1) is 16.6. The molecule has 4 atom stereocenters. The minimum atomic E-state index is -0.386. The van der Waals surface area contributed by atoms with Gasteiger partial charge in [-0.15, -0.1) is 0 Å². The molecule has 0 radical (unpaired) electrons. The SMILES string of the molecule is CC1CCCN(CC(C)NC(=O)NC2CCCCC2O)C1. The zero-order valence-corrected chi connectivity index (χ0v) is 13.5. The molecule has 21 heavy (non-hydrogen) atoms. The summed E-state index contributed by atoms with van der Waals surface area (Å²) in [4.78, 5) is 14.5. The molecule has 0 spiro atoms. The van der Waals surface area contributed by atoms with Crippen LogP contribution in [0.2, 0.25) is 0 Å². The Labute approximate surface area is 128 Å². The van der Waals surface area contributed by atoms with Gasteiger partial charge in [-0.2, -0.15) is 0 Å². The average Bonchev–Trinajstić information content (AvgIpc) is 2.41. The molecule has 1 saturated carbocycles. The first-order valence-corrected chi connectivity index (χ1v) is 8.52. The van der Waals surface area contributed by atoms with Crippen molar-refractivity contribution in [3.8, 4) is 0 Å². The van der Waals surface area contributed by atoms with E-state index in [1.807, 2.05) is 0 Å². The number of aliphatic hydroxyl groups excluding tert-OH is 1. The topological polar surface area (TPSA) is 64.6 Å². The second kappa shape index (κ2) is 7.99. The summed E-state index contributed by atoms with van der Waals surface area (Å²) in [6.07, 6.45) is 6.02. The summed E-state index contributed by atoms with van der Waals surface area (Å²) in [6.45, 7) is 7.52. The van der Waals surface area contributed by atoms with Crippen molar-refractivity contribution in [2.24, 2.45) is 5.92 Å². The van der Waals surface area contributed by atoms with Gasteiger partial charge in [0.05, 0.1) is 12.1 Å². The van der Waals surface area contributed by atoms with Gasteiger partial charge in [0.1, 0.15) is 0 Å². The highest BCUT2D eigenvalue weighted by Gasteiger charge is 2.25. The summed E-state index contributed by atoms with van der Waals surface area (Å²) in [5, 5.41) is 15.8. The Morgan fingerprint density at radius 2 is 2.05 bits per heavy atom. The molecule has 0 aromatic carbocycles. The number of carbonyl (C=O) groups is 1. The van der Waals surface area contributed by atoms with E-state index in [0.29, 0.717) is 0 Å². The molecule has 0 aromatic rings. The summed E-state index contributed by atoms with van der Waals surface area (Å²) >= 11 is 0. The van der Waals surface area contributed by atoms with Gasteiger partial charge in [-0.1, -0.05) is 19.8 Å². The normalized spacial score (nSPS) is 32.4. The quantitative estimate of drug-likeness (QED) is 0.740. The second-order valence-corrected chi connectivity index (χ2v) is 6.98. The number of amides is 2. The van der Waals surface area contributed by atoms with Crippen LogP contribution in [0.5, 0.6) is 0 Å². The maximum absolute atomic E-state index is 12.0. The lowest BCUT2D eigenvalue weighted by Gasteiger charge is -2.33. The summed E-state index contributed by atoms with van der Waals surface area (Å²) in [7, 11) is 0. The smallest absolute Gasteiger partial charge is 0.315 e. The van der Waals surface area contributed by atoms with Crippen molar-refractivity contribution >= 4 is 6.03 Å². The Bertz CT molecular complexity index is 337. The fourth-order valence-corrected chi connectivity index (χ4v) is 3.60. The molecule has 4 unspecified atom stereocenters. The number of urea groups is 1. The van der Waals surface area contributed by atoms with Crippen LogP contribution in [0, 0.1) is 5.92 Å². The van der Waals surface area contributed by atoms with Crippen molar-refractivity contribution in [1.29, 1.82) is 0 Å². The molecule has 1 aliphatic carbocycles. The highest BCUT2D eigenvalue weighted by molar-refractivity contribution is 5.74. The van der Waals surface area contributed by atoms with E-state index in [1.54, 1.807) is 0 Å². The van der Waals surface area contributed by atoms with Crippen LogP contribution in [0.15, 0.2) is 0 Å². The summed E-state index contributed by atoms with van der Waals surface area (Å²) in [5.74, 6) is 0.761. The molecule has 0 aromatic heterocycles.